The summed E-state index contributed by atoms with van der Waals surface area (Å²) < 4.78 is 45.8. The smallest absolute Gasteiger partial charge is 1.00 e. The normalized spacial score (nSPS) is 15.5. The van der Waals surface area contributed by atoms with Crippen molar-refractivity contribution in [2.24, 2.45) is 5.14 Å². The molecule has 0 amide bonds. The van der Waals surface area contributed by atoms with Gasteiger partial charge < -0.3 is 12.4 Å². The molecule has 2 N–H and O–H groups in total. The Morgan fingerprint density at radius 3 is 2.32 bits per heavy atom. The van der Waals surface area contributed by atoms with Gasteiger partial charge in [-0.1, -0.05) is 6.08 Å². The Kier molecular flexibility index (Phi) is 8.44. The molecule has 0 saturated heterocycles. The summed E-state index contributed by atoms with van der Waals surface area (Å²) in [6.45, 7) is 1.57. The van der Waals surface area contributed by atoms with Crippen LogP contribution in [0.4, 0.5) is 0 Å². The van der Waals surface area contributed by atoms with Crippen molar-refractivity contribution in [3.63, 3.8) is 0 Å². The van der Waals surface area contributed by atoms with E-state index in [2.05, 4.69) is 0 Å². The molecule has 2 heterocycles. The Morgan fingerprint density at radius 1 is 1.37 bits per heavy atom. The molecule has 0 spiro atoms. The fourth-order valence-corrected chi connectivity index (χ4v) is 5.75. The Labute approximate surface area is 150 Å². The molecular formula is C8H10Cl2NNaO4S3. The minimum absolute atomic E-state index is 0. The molecule has 0 aromatic carbocycles. The molecule has 1 aromatic rings. The average Bonchev–Trinajstić information content (AvgIpc) is 2.44. The molecule has 0 unspecified atom stereocenters. The van der Waals surface area contributed by atoms with E-state index in [4.69, 9.17) is 5.14 Å². The fourth-order valence-electron chi connectivity index (χ4n) is 1.59. The standard InChI is InChI=1S/C8H9NO4S3.2ClH.Na/c1-5-6-3-2-4-15(10,11)8(6)14-7(5)16(9,12)13;;;/h2,4H,3H2,1H3,(H2,9,12,13);2*1H;/q;;;+1/p-1. The summed E-state index contributed by atoms with van der Waals surface area (Å²) in [5, 5.41) is 6.12. The summed E-state index contributed by atoms with van der Waals surface area (Å²) in [6.07, 6.45) is 1.93. The minimum Gasteiger partial charge on any atom is -1.00 e. The van der Waals surface area contributed by atoms with Gasteiger partial charge in [0.25, 0.3) is 0 Å². The number of thiophene rings is 1. The van der Waals surface area contributed by atoms with Crippen molar-refractivity contribution in [2.45, 2.75) is 21.8 Å². The summed E-state index contributed by atoms with van der Waals surface area (Å²) in [6, 6.07) is 0. The molecule has 2 rings (SSSR count). The van der Waals surface area contributed by atoms with Crippen LogP contribution in [0.1, 0.15) is 11.1 Å². The van der Waals surface area contributed by atoms with Crippen LogP contribution in [0.5, 0.6) is 0 Å². The summed E-state index contributed by atoms with van der Waals surface area (Å²) in [4.78, 5) is 0. The van der Waals surface area contributed by atoms with Crippen LogP contribution in [0.25, 0.3) is 0 Å². The third-order valence-electron chi connectivity index (χ3n) is 2.30. The predicted molar refractivity (Wildman–Crippen MR) is 67.7 cm³/mol. The van der Waals surface area contributed by atoms with Gasteiger partial charge in [0.2, 0.25) is 19.9 Å². The molecule has 0 fully saturated rings. The minimum atomic E-state index is -3.85. The first-order valence-electron chi connectivity index (χ1n) is 4.30. The molecule has 1 aliphatic heterocycles. The van der Waals surface area contributed by atoms with Gasteiger partial charge in [0.15, 0.2) is 0 Å². The van der Waals surface area contributed by atoms with Crippen LogP contribution < -0.4 is 47.1 Å². The van der Waals surface area contributed by atoms with Gasteiger partial charge in [0.1, 0.15) is 8.42 Å². The van der Waals surface area contributed by atoms with Gasteiger partial charge in [0.05, 0.1) is 0 Å². The van der Waals surface area contributed by atoms with E-state index in [0.717, 1.165) is 16.7 Å². The number of hydrogen-bond donors (Lipinski definition) is 1. The van der Waals surface area contributed by atoms with Gasteiger partial charge in [-0.25, -0.2) is 22.0 Å². The third-order valence-corrected chi connectivity index (χ3v) is 7.26. The molecule has 0 atom stereocenters. The number of rotatable bonds is 1. The Hall–Kier alpha value is 0.880. The number of sulfonamides is 1. The van der Waals surface area contributed by atoms with Crippen LogP contribution in [-0.4, -0.2) is 16.8 Å². The Balaban J connectivity index is 0. The Bertz CT molecular complexity index is 694. The SMILES string of the molecule is Cc1c(S(N)(=O)=O)sc2c1CC=CS2(=O)=O.Cl.[Cl-].[Na+]. The monoisotopic (exact) mass is 373 g/mol. The van der Waals surface area contributed by atoms with Crippen LogP contribution >= 0.6 is 23.7 Å². The summed E-state index contributed by atoms with van der Waals surface area (Å²) in [5.41, 5.74) is 0.979. The quantitative estimate of drug-likeness (QED) is 0.498. The van der Waals surface area contributed by atoms with Crippen molar-refractivity contribution < 1.29 is 58.8 Å². The van der Waals surface area contributed by atoms with Crippen molar-refractivity contribution in [1.82, 2.24) is 0 Å². The van der Waals surface area contributed by atoms with Gasteiger partial charge in [-0.05, 0) is 24.5 Å². The van der Waals surface area contributed by atoms with Crippen molar-refractivity contribution in [2.75, 3.05) is 0 Å². The molecule has 5 nitrogen and oxygen atoms in total. The van der Waals surface area contributed by atoms with E-state index >= 15 is 0 Å². The number of allylic oxidation sites excluding steroid dienone is 1. The van der Waals surface area contributed by atoms with Crippen LogP contribution in [0.2, 0.25) is 0 Å². The van der Waals surface area contributed by atoms with Gasteiger partial charge in [0, 0.05) is 5.41 Å². The molecule has 1 aromatic heterocycles. The average molecular weight is 374 g/mol. The van der Waals surface area contributed by atoms with E-state index in [0.29, 0.717) is 17.5 Å². The molecular weight excluding hydrogens is 364 g/mol. The van der Waals surface area contributed by atoms with Crippen molar-refractivity contribution in [1.29, 1.82) is 0 Å². The molecule has 11 heteroatoms. The molecule has 0 radical (unpaired) electrons. The number of primary sulfonamides is 1. The zero-order valence-electron chi connectivity index (χ0n) is 10.1. The second-order valence-corrected chi connectivity index (χ2v) is 8.25. The second kappa shape index (κ2) is 7.24. The third kappa shape index (κ3) is 4.18. The summed E-state index contributed by atoms with van der Waals surface area (Å²) >= 11 is 0.724. The van der Waals surface area contributed by atoms with Gasteiger partial charge in [-0.2, -0.15) is 0 Å². The van der Waals surface area contributed by atoms with Gasteiger partial charge in [-0.3, -0.25) is 0 Å². The van der Waals surface area contributed by atoms with E-state index < -0.39 is 19.9 Å². The topological polar surface area (TPSA) is 94.3 Å². The zero-order valence-corrected chi connectivity index (χ0v) is 16.1. The van der Waals surface area contributed by atoms with E-state index in [1.165, 1.54) is 6.08 Å². The maximum atomic E-state index is 11.7. The number of fused-ring (bicyclic) bond motifs is 1. The first-order valence-corrected chi connectivity index (χ1v) is 8.21. The van der Waals surface area contributed by atoms with Gasteiger partial charge in [-0.15, -0.1) is 23.7 Å². The fraction of sp³-hybridized carbons (Fsp3) is 0.250. The second-order valence-electron chi connectivity index (χ2n) is 3.45. The largest absolute Gasteiger partial charge is 1.00 e. The summed E-state index contributed by atoms with van der Waals surface area (Å²) in [7, 11) is -7.34. The number of nitrogens with two attached hydrogens (primary N) is 1. The molecule has 19 heavy (non-hydrogen) atoms. The Morgan fingerprint density at radius 2 is 1.89 bits per heavy atom. The van der Waals surface area contributed by atoms with Crippen molar-refractivity contribution in [3.05, 3.63) is 22.6 Å². The number of sulfone groups is 1. The predicted octanol–water partition coefficient (Wildman–Crippen LogP) is -5.02. The maximum Gasteiger partial charge on any atom is 1.00 e. The van der Waals surface area contributed by atoms with Crippen molar-refractivity contribution >= 4 is 43.6 Å². The first-order chi connectivity index (χ1) is 7.23. The molecule has 0 saturated carbocycles. The molecule has 0 bridgehead atoms. The number of halogens is 2. The van der Waals surface area contributed by atoms with Crippen LogP contribution in [0.3, 0.4) is 0 Å². The van der Waals surface area contributed by atoms with Crippen LogP contribution in [0, 0.1) is 6.92 Å². The zero-order chi connectivity index (χ0) is 12.1. The van der Waals surface area contributed by atoms with Crippen LogP contribution in [0.15, 0.2) is 19.9 Å². The number of hydrogen-bond acceptors (Lipinski definition) is 5. The van der Waals surface area contributed by atoms with E-state index in [1.54, 1.807) is 6.92 Å². The van der Waals surface area contributed by atoms with E-state index in [1.807, 2.05) is 0 Å². The first kappa shape index (κ1) is 22.2. The van der Waals surface area contributed by atoms with Crippen molar-refractivity contribution in [3.8, 4) is 0 Å². The van der Waals surface area contributed by atoms with E-state index in [-0.39, 0.29) is 62.8 Å². The molecule has 0 aliphatic carbocycles. The van der Waals surface area contributed by atoms with Gasteiger partial charge >= 0.3 is 29.6 Å². The molecule has 1 aliphatic rings. The molecule has 104 valence electrons. The van der Waals surface area contributed by atoms with E-state index in [9.17, 15) is 16.8 Å². The van der Waals surface area contributed by atoms with Crippen LogP contribution in [-0.2, 0) is 26.3 Å². The summed E-state index contributed by atoms with van der Waals surface area (Å²) in [5.74, 6) is 0. The maximum absolute atomic E-state index is 11.7.